The first kappa shape index (κ1) is 18.0. The Morgan fingerprint density at radius 2 is 2.08 bits per heavy atom. The number of hydrogen-bond acceptors (Lipinski definition) is 3. The molecule has 1 aromatic heterocycles. The fraction of sp³-hybridized carbons (Fsp3) is 0.200. The van der Waals surface area contributed by atoms with Crippen molar-refractivity contribution in [2.24, 2.45) is 0 Å². The molecule has 0 aliphatic rings. The summed E-state index contributed by atoms with van der Waals surface area (Å²) in [6.45, 7) is 2.35. The predicted molar refractivity (Wildman–Crippen MR) is 102 cm³/mol. The quantitative estimate of drug-likeness (QED) is 0.684. The fourth-order valence-electron chi connectivity index (χ4n) is 2.53. The van der Waals surface area contributed by atoms with Crippen molar-refractivity contribution < 1.29 is 9.53 Å². The van der Waals surface area contributed by atoms with Gasteiger partial charge >= 0.3 is 0 Å². The van der Waals surface area contributed by atoms with Gasteiger partial charge in [0.2, 0.25) is 0 Å². The van der Waals surface area contributed by atoms with Crippen molar-refractivity contribution in [3.63, 3.8) is 0 Å². The van der Waals surface area contributed by atoms with E-state index >= 15 is 0 Å². The van der Waals surface area contributed by atoms with E-state index in [1.54, 1.807) is 36.8 Å². The number of halogens is 1. The van der Waals surface area contributed by atoms with Crippen LogP contribution in [0.4, 0.5) is 0 Å². The van der Waals surface area contributed by atoms with Crippen molar-refractivity contribution in [2.45, 2.75) is 26.0 Å². The highest BCUT2D eigenvalue weighted by Gasteiger charge is 2.18. The summed E-state index contributed by atoms with van der Waals surface area (Å²) in [5, 5.41) is 3.50. The van der Waals surface area contributed by atoms with Crippen LogP contribution in [-0.2, 0) is 11.3 Å². The number of ether oxygens (including phenoxy) is 1. The number of carbonyl (C=O) groups is 1. The third-order valence-electron chi connectivity index (χ3n) is 3.94. The lowest BCUT2D eigenvalue weighted by atomic mass is 10.2. The maximum Gasteiger partial charge on any atom is 0.261 e. The Morgan fingerprint density at radius 1 is 1.27 bits per heavy atom. The number of nitrogens with zero attached hydrogens (tertiary/aromatic N) is 2. The van der Waals surface area contributed by atoms with Crippen molar-refractivity contribution in [3.8, 4) is 11.4 Å². The summed E-state index contributed by atoms with van der Waals surface area (Å²) in [6, 6.07) is 15.0. The lowest BCUT2D eigenvalue weighted by Crippen LogP contribution is -2.37. The molecule has 0 bridgehead atoms. The van der Waals surface area contributed by atoms with Gasteiger partial charge in [-0.25, -0.2) is 4.98 Å². The Morgan fingerprint density at radius 3 is 2.73 bits per heavy atom. The van der Waals surface area contributed by atoms with Crippen molar-refractivity contribution in [1.29, 1.82) is 0 Å². The number of rotatable bonds is 7. The first-order chi connectivity index (χ1) is 12.7. The van der Waals surface area contributed by atoms with E-state index in [1.165, 1.54) is 0 Å². The van der Waals surface area contributed by atoms with Crippen LogP contribution in [0.15, 0.2) is 67.3 Å². The molecule has 1 N–H and O–H groups in total. The van der Waals surface area contributed by atoms with Gasteiger partial charge < -0.3 is 14.6 Å². The zero-order chi connectivity index (χ0) is 18.4. The molecule has 1 heterocycles. The van der Waals surface area contributed by atoms with Crippen LogP contribution < -0.4 is 10.1 Å². The molecule has 0 saturated heterocycles. The molecule has 2 aromatic carbocycles. The minimum absolute atomic E-state index is 0.147. The molecule has 0 fully saturated rings. The maximum atomic E-state index is 12.4. The van der Waals surface area contributed by atoms with E-state index in [0.29, 0.717) is 23.7 Å². The third-order valence-corrected chi connectivity index (χ3v) is 4.18. The zero-order valence-electron chi connectivity index (χ0n) is 14.4. The fourth-order valence-corrected chi connectivity index (χ4v) is 2.71. The molecule has 0 aliphatic heterocycles. The normalized spacial score (nSPS) is 11.8. The first-order valence-electron chi connectivity index (χ1n) is 8.43. The summed E-state index contributed by atoms with van der Waals surface area (Å²) >= 11 is 5.96. The average molecular weight is 370 g/mol. The van der Waals surface area contributed by atoms with Crippen molar-refractivity contribution in [3.05, 3.63) is 77.8 Å². The Hall–Kier alpha value is -2.79. The predicted octanol–water partition coefficient (Wildman–Crippen LogP) is 4.00. The van der Waals surface area contributed by atoms with E-state index < -0.39 is 6.10 Å². The number of amides is 1. The summed E-state index contributed by atoms with van der Waals surface area (Å²) in [5.74, 6) is 0.440. The molecule has 5 nitrogen and oxygen atoms in total. The Kier molecular flexibility index (Phi) is 5.92. The van der Waals surface area contributed by atoms with Gasteiger partial charge in [0, 0.05) is 29.6 Å². The largest absolute Gasteiger partial charge is 0.481 e. The second-order valence-electron chi connectivity index (χ2n) is 5.83. The minimum Gasteiger partial charge on any atom is -0.481 e. The molecule has 0 unspecified atom stereocenters. The number of hydrogen-bond donors (Lipinski definition) is 1. The molecule has 6 heteroatoms. The average Bonchev–Trinajstić information content (AvgIpc) is 3.19. The third kappa shape index (κ3) is 4.64. The van der Waals surface area contributed by atoms with Gasteiger partial charge in [-0.05, 0) is 42.3 Å². The van der Waals surface area contributed by atoms with Crippen molar-refractivity contribution in [1.82, 2.24) is 14.9 Å². The van der Waals surface area contributed by atoms with Crippen LogP contribution in [0.25, 0.3) is 5.69 Å². The topological polar surface area (TPSA) is 56.1 Å². The molecule has 0 aliphatic carbocycles. The van der Waals surface area contributed by atoms with Gasteiger partial charge in [-0.2, -0.15) is 0 Å². The number of benzene rings is 2. The van der Waals surface area contributed by atoms with Gasteiger partial charge in [-0.15, -0.1) is 0 Å². The van der Waals surface area contributed by atoms with Crippen LogP contribution in [0.5, 0.6) is 5.75 Å². The van der Waals surface area contributed by atoms with E-state index in [2.05, 4.69) is 10.3 Å². The van der Waals surface area contributed by atoms with Gasteiger partial charge in [-0.1, -0.05) is 36.7 Å². The highest BCUT2D eigenvalue weighted by Crippen LogP contribution is 2.19. The smallest absolute Gasteiger partial charge is 0.261 e. The summed E-state index contributed by atoms with van der Waals surface area (Å²) < 4.78 is 7.68. The summed E-state index contributed by atoms with van der Waals surface area (Å²) in [5.41, 5.74) is 2.04. The minimum atomic E-state index is -0.557. The van der Waals surface area contributed by atoms with Crippen LogP contribution in [0.1, 0.15) is 18.9 Å². The van der Waals surface area contributed by atoms with E-state index in [9.17, 15) is 4.79 Å². The number of carbonyl (C=O) groups excluding carboxylic acids is 1. The summed E-state index contributed by atoms with van der Waals surface area (Å²) in [6.07, 6.45) is 5.38. The van der Waals surface area contributed by atoms with E-state index in [0.717, 1.165) is 11.3 Å². The Balaban J connectivity index is 1.56. The lowest BCUT2D eigenvalue weighted by Gasteiger charge is -2.17. The van der Waals surface area contributed by atoms with Gasteiger partial charge in [0.05, 0.1) is 6.33 Å². The number of nitrogens with one attached hydrogen (secondary N) is 1. The number of imidazole rings is 1. The first-order valence-corrected chi connectivity index (χ1v) is 8.80. The van der Waals surface area contributed by atoms with E-state index in [-0.39, 0.29) is 5.91 Å². The van der Waals surface area contributed by atoms with Gasteiger partial charge in [0.25, 0.3) is 5.91 Å². The molecular weight excluding hydrogens is 350 g/mol. The number of aromatic nitrogens is 2. The molecule has 0 radical (unpaired) electrons. The molecular formula is C20H20ClN3O2. The molecule has 1 amide bonds. The molecule has 26 heavy (non-hydrogen) atoms. The van der Waals surface area contributed by atoms with Crippen LogP contribution >= 0.6 is 11.6 Å². The van der Waals surface area contributed by atoms with Gasteiger partial charge in [0.1, 0.15) is 5.75 Å². The Bertz CT molecular complexity index is 848. The van der Waals surface area contributed by atoms with Gasteiger partial charge in [0.15, 0.2) is 6.10 Å². The molecule has 134 valence electrons. The Labute approximate surface area is 157 Å². The van der Waals surface area contributed by atoms with Crippen LogP contribution in [0.2, 0.25) is 5.02 Å². The second-order valence-corrected chi connectivity index (χ2v) is 6.26. The van der Waals surface area contributed by atoms with Crippen molar-refractivity contribution >= 4 is 17.5 Å². The summed E-state index contributed by atoms with van der Waals surface area (Å²) in [7, 11) is 0. The molecule has 0 spiro atoms. The maximum absolute atomic E-state index is 12.4. The molecule has 1 atom stereocenters. The standard InChI is InChI=1S/C20H20ClN3O2/c1-2-19(26-18-5-3-4-16(21)12-18)20(25)23-13-15-6-8-17(9-7-15)24-11-10-22-14-24/h3-12,14,19H,2,13H2,1H3,(H,23,25)/t19-/m1/s1. The summed E-state index contributed by atoms with van der Waals surface area (Å²) in [4.78, 5) is 16.4. The zero-order valence-corrected chi connectivity index (χ0v) is 15.2. The monoisotopic (exact) mass is 369 g/mol. The SMILES string of the molecule is CC[C@@H](Oc1cccc(Cl)c1)C(=O)NCc1ccc(-n2ccnc2)cc1. The molecule has 0 saturated carbocycles. The highest BCUT2D eigenvalue weighted by molar-refractivity contribution is 6.30. The van der Waals surface area contributed by atoms with Gasteiger partial charge in [-0.3, -0.25) is 4.79 Å². The van der Waals surface area contributed by atoms with Crippen LogP contribution in [0.3, 0.4) is 0 Å². The second kappa shape index (κ2) is 8.54. The van der Waals surface area contributed by atoms with Crippen LogP contribution in [-0.4, -0.2) is 21.6 Å². The highest BCUT2D eigenvalue weighted by atomic mass is 35.5. The molecule has 3 aromatic rings. The van der Waals surface area contributed by atoms with Crippen molar-refractivity contribution in [2.75, 3.05) is 0 Å². The molecule has 3 rings (SSSR count). The van der Waals surface area contributed by atoms with E-state index in [4.69, 9.17) is 16.3 Å². The van der Waals surface area contributed by atoms with Crippen LogP contribution in [0, 0.1) is 0 Å². The van der Waals surface area contributed by atoms with E-state index in [1.807, 2.05) is 42.0 Å². The lowest BCUT2D eigenvalue weighted by molar-refractivity contribution is -0.128.